The number of nitrogens with one attached hydrogen (secondary N) is 2. The third-order valence-electron chi connectivity index (χ3n) is 13.2. The maximum Gasteiger partial charge on any atom is 0.474 e. The van der Waals surface area contributed by atoms with Gasteiger partial charge in [0, 0.05) is 45.9 Å². The number of ether oxygens (including phenoxy) is 4. The van der Waals surface area contributed by atoms with Gasteiger partial charge in [-0.2, -0.15) is 0 Å². The van der Waals surface area contributed by atoms with Crippen LogP contribution in [0.2, 0.25) is 0 Å². The summed E-state index contributed by atoms with van der Waals surface area (Å²) >= 11 is 0. The molecule has 2 amide bonds. The second-order valence-corrected chi connectivity index (χ2v) is 21.8. The van der Waals surface area contributed by atoms with E-state index in [1.54, 1.807) is 0 Å². The van der Waals surface area contributed by atoms with Gasteiger partial charge in [0.1, 0.15) is 31.0 Å². The van der Waals surface area contributed by atoms with Crippen LogP contribution in [0.3, 0.4) is 0 Å². The van der Waals surface area contributed by atoms with E-state index in [0.29, 0.717) is 32.1 Å². The second kappa shape index (κ2) is 49.3. The third-order valence-corrected chi connectivity index (χ3v) is 14.6. The molecule has 0 aromatic rings. The number of phosphoric ester groups is 1. The number of hydrogen-bond acceptors (Lipinski definition) is 16. The molecule has 0 bridgehead atoms. The molecular formula is C57H105N2O16P. The lowest BCUT2D eigenvalue weighted by Crippen LogP contribution is -2.59. The molecule has 0 radical (unpaired) electrons. The molecule has 0 aromatic heterocycles. The largest absolute Gasteiger partial charge is 0.474 e. The summed E-state index contributed by atoms with van der Waals surface area (Å²) in [6.07, 6.45) is 33.0. The minimum absolute atomic E-state index is 0.0104. The molecule has 1 rings (SSSR count). The van der Waals surface area contributed by atoms with Gasteiger partial charge in [-0.3, -0.25) is 32.7 Å². The molecule has 1 heterocycles. The molecule has 0 saturated carbocycles. The Bertz CT molecular complexity index is 1550. The molecule has 1 aliphatic heterocycles. The zero-order valence-electron chi connectivity index (χ0n) is 47.2. The maximum atomic E-state index is 13.3. The number of esters is 2. The topological polar surface area (TPSA) is 255 Å². The molecule has 6 N–H and O–H groups in total. The highest BCUT2D eigenvalue weighted by molar-refractivity contribution is 7.48. The summed E-state index contributed by atoms with van der Waals surface area (Å²) in [4.78, 5) is 50.4. The van der Waals surface area contributed by atoms with Crippen molar-refractivity contribution in [2.75, 3.05) is 53.2 Å². The molecule has 18 nitrogen and oxygen atoms in total. The summed E-state index contributed by atoms with van der Waals surface area (Å²) in [6.45, 7) is 3.32. The number of allylic oxidation sites excluding steroid dienone is 4. The molecule has 1 aliphatic rings. The zero-order valence-corrected chi connectivity index (χ0v) is 48.1. The Hall–Kier alpha value is -2.77. The van der Waals surface area contributed by atoms with Crippen LogP contribution in [0.4, 0.5) is 0 Å². The minimum atomic E-state index is -4.16. The van der Waals surface area contributed by atoms with Crippen LogP contribution in [0.5, 0.6) is 0 Å². The predicted molar refractivity (Wildman–Crippen MR) is 295 cm³/mol. The molecule has 0 spiro atoms. The van der Waals surface area contributed by atoms with Gasteiger partial charge in [0.05, 0.1) is 26.4 Å². The first kappa shape index (κ1) is 71.2. The number of phosphoric acid groups is 1. The van der Waals surface area contributed by atoms with Gasteiger partial charge in [0.25, 0.3) is 0 Å². The SMILES string of the molecule is CCCCCCCC/C=C/CCCCCCCC(=O)OC[C@H](COP(=O)(OC)OCCNC(=O)CCCCC(=O)NCCCO[C@@H]1OC(CO)[C@H](O)[C@H](O)C1O)OC(=O)CCCCCCC/C=C/CCCCCCCC. The monoisotopic (exact) mass is 1100 g/mol. The lowest BCUT2D eigenvalue weighted by atomic mass is 9.99. The van der Waals surface area contributed by atoms with Crippen LogP contribution in [-0.2, 0) is 56.3 Å². The smallest absolute Gasteiger partial charge is 0.462 e. The average Bonchev–Trinajstić information content (AvgIpc) is 3.41. The summed E-state index contributed by atoms with van der Waals surface area (Å²) in [5.74, 6) is -1.42. The Morgan fingerprint density at radius 2 is 1.00 bits per heavy atom. The number of carbonyl (C=O) groups is 4. The molecule has 19 heteroatoms. The van der Waals surface area contributed by atoms with Gasteiger partial charge in [0.15, 0.2) is 12.4 Å². The first-order valence-corrected chi connectivity index (χ1v) is 30.9. The first-order valence-electron chi connectivity index (χ1n) is 29.4. The van der Waals surface area contributed by atoms with Gasteiger partial charge < -0.3 is 50.0 Å². The molecule has 444 valence electrons. The molecule has 7 atom stereocenters. The van der Waals surface area contributed by atoms with E-state index < -0.39 is 69.8 Å². The van der Waals surface area contributed by atoms with Crippen molar-refractivity contribution in [1.82, 2.24) is 10.6 Å². The van der Waals surface area contributed by atoms with Crippen molar-refractivity contribution in [3.63, 3.8) is 0 Å². The maximum absolute atomic E-state index is 13.3. The Morgan fingerprint density at radius 1 is 0.539 bits per heavy atom. The fourth-order valence-corrected chi connectivity index (χ4v) is 9.37. The van der Waals surface area contributed by atoms with Gasteiger partial charge in [-0.15, -0.1) is 0 Å². The average molecular weight is 1110 g/mol. The lowest BCUT2D eigenvalue weighted by molar-refractivity contribution is -0.301. The highest BCUT2D eigenvalue weighted by atomic mass is 31.2. The van der Waals surface area contributed by atoms with Crippen molar-refractivity contribution < 1.29 is 76.7 Å². The number of amides is 2. The number of aliphatic hydroxyl groups is 4. The zero-order chi connectivity index (χ0) is 55.8. The molecule has 0 aromatic carbocycles. The van der Waals surface area contributed by atoms with E-state index in [2.05, 4.69) is 48.8 Å². The number of unbranched alkanes of at least 4 members (excludes halogenated alkanes) is 23. The highest BCUT2D eigenvalue weighted by Gasteiger charge is 2.44. The van der Waals surface area contributed by atoms with Crippen LogP contribution in [0.1, 0.15) is 226 Å². The van der Waals surface area contributed by atoms with Crippen molar-refractivity contribution in [3.8, 4) is 0 Å². The van der Waals surface area contributed by atoms with Crippen molar-refractivity contribution in [3.05, 3.63) is 24.3 Å². The van der Waals surface area contributed by atoms with Gasteiger partial charge in [-0.25, -0.2) is 4.57 Å². The van der Waals surface area contributed by atoms with E-state index in [1.807, 2.05) is 0 Å². The Kier molecular flexibility index (Phi) is 46.2. The van der Waals surface area contributed by atoms with Gasteiger partial charge in [-0.1, -0.05) is 141 Å². The number of hydrogen-bond donors (Lipinski definition) is 6. The van der Waals surface area contributed by atoms with Crippen LogP contribution in [0.25, 0.3) is 0 Å². The molecule has 1 fully saturated rings. The van der Waals surface area contributed by atoms with Crippen molar-refractivity contribution in [2.24, 2.45) is 0 Å². The molecule has 1 saturated heterocycles. The van der Waals surface area contributed by atoms with Crippen LogP contribution in [0.15, 0.2) is 24.3 Å². The summed E-state index contributed by atoms with van der Waals surface area (Å²) in [6, 6.07) is 0. The first-order chi connectivity index (χ1) is 36.9. The van der Waals surface area contributed by atoms with E-state index in [9.17, 15) is 44.2 Å². The van der Waals surface area contributed by atoms with Crippen LogP contribution in [0, 0.1) is 0 Å². The minimum Gasteiger partial charge on any atom is -0.462 e. The number of carbonyl (C=O) groups excluding carboxylic acids is 4. The predicted octanol–water partition coefficient (Wildman–Crippen LogP) is 10.3. The van der Waals surface area contributed by atoms with Gasteiger partial charge >= 0.3 is 19.8 Å². The second-order valence-electron chi connectivity index (χ2n) is 20.1. The summed E-state index contributed by atoms with van der Waals surface area (Å²) in [5.41, 5.74) is 0. The van der Waals surface area contributed by atoms with E-state index in [1.165, 1.54) is 77.0 Å². The van der Waals surface area contributed by atoms with E-state index in [0.717, 1.165) is 84.2 Å². The normalized spacial score (nSPS) is 19.0. The third kappa shape index (κ3) is 39.6. The van der Waals surface area contributed by atoms with E-state index in [-0.39, 0.29) is 70.4 Å². The van der Waals surface area contributed by atoms with Gasteiger partial charge in [-0.05, 0) is 83.5 Å². The van der Waals surface area contributed by atoms with Gasteiger partial charge in [0.2, 0.25) is 11.8 Å². The quantitative estimate of drug-likeness (QED) is 0.0143. The molecule has 76 heavy (non-hydrogen) atoms. The summed E-state index contributed by atoms with van der Waals surface area (Å²) in [5, 5.41) is 44.5. The summed E-state index contributed by atoms with van der Waals surface area (Å²) in [7, 11) is -3.02. The molecule has 3 unspecified atom stereocenters. The fourth-order valence-electron chi connectivity index (χ4n) is 8.42. The Balaban J connectivity index is 2.44. The number of aliphatic hydroxyl groups excluding tert-OH is 4. The fraction of sp³-hybridized carbons (Fsp3) is 0.860. The van der Waals surface area contributed by atoms with Crippen LogP contribution >= 0.6 is 7.82 Å². The van der Waals surface area contributed by atoms with Crippen molar-refractivity contribution in [2.45, 2.75) is 263 Å². The van der Waals surface area contributed by atoms with Crippen molar-refractivity contribution in [1.29, 1.82) is 0 Å². The van der Waals surface area contributed by atoms with Crippen molar-refractivity contribution >= 4 is 31.6 Å². The lowest BCUT2D eigenvalue weighted by Gasteiger charge is -2.39. The Morgan fingerprint density at radius 3 is 1.50 bits per heavy atom. The number of rotatable bonds is 52. The molecular weight excluding hydrogens is 1000 g/mol. The highest BCUT2D eigenvalue weighted by Crippen LogP contribution is 2.48. The van der Waals surface area contributed by atoms with Crippen LogP contribution < -0.4 is 10.6 Å². The molecule has 0 aliphatic carbocycles. The standard InChI is InChI=1S/C57H105N2O16P/c1-4-6-8-10-12-14-16-18-20-22-24-26-28-30-32-39-52(63)71-46-48(74-53(64)40-33-31-29-27-25-23-21-19-17-15-13-11-9-7-5-2)47-73-76(68,69-3)72-44-42-59-51(62)38-35-34-37-50(61)58-41-36-43-70-57-56(67)55(66)54(65)49(45-60)75-57/h18-21,48-49,54-57,60,65-67H,4-17,22-47H2,1-3H3,(H,58,61)(H,59,62)/b20-18+,21-19+/t48-,49?,54+,55+,56?,57-,76?/m1/s1. The van der Waals surface area contributed by atoms with E-state index >= 15 is 0 Å². The summed E-state index contributed by atoms with van der Waals surface area (Å²) < 4.78 is 51.2. The van der Waals surface area contributed by atoms with Crippen LogP contribution in [-0.4, -0.2) is 134 Å². The van der Waals surface area contributed by atoms with E-state index in [4.69, 9.17) is 32.5 Å². The Labute approximate surface area is 457 Å².